The zero-order chi connectivity index (χ0) is 17.4. The first-order chi connectivity index (χ1) is 11.7. The molecule has 0 aliphatic heterocycles. The van der Waals surface area contributed by atoms with E-state index in [1.54, 1.807) is 29.7 Å². The Morgan fingerprint density at radius 2 is 1.76 bits per heavy atom. The van der Waals surface area contributed by atoms with Gasteiger partial charge in [0.25, 0.3) is 0 Å². The Balaban J connectivity index is 0.00000312. The molecule has 0 radical (unpaired) electrons. The average molecular weight is 493 g/mol. The van der Waals surface area contributed by atoms with Crippen LogP contribution in [0.15, 0.2) is 11.2 Å². The molecule has 0 unspecified atom stereocenters. The molecule has 0 aromatic carbocycles. The highest BCUT2D eigenvalue weighted by molar-refractivity contribution is 14.0. The number of guanidine groups is 1. The number of aromatic nitrogens is 2. The number of hydrogen-bond acceptors (Lipinski definition) is 5. The van der Waals surface area contributed by atoms with E-state index in [0.717, 1.165) is 44.7 Å². The van der Waals surface area contributed by atoms with Gasteiger partial charge in [0, 0.05) is 48.9 Å². The van der Waals surface area contributed by atoms with Gasteiger partial charge in [-0.25, -0.2) is 9.97 Å². The number of nitrogens with zero attached hydrogens (tertiary/aromatic N) is 3. The predicted octanol–water partition coefficient (Wildman–Crippen LogP) is 3.60. The second-order valence-corrected chi connectivity index (χ2v) is 7.95. The minimum atomic E-state index is 0. The van der Waals surface area contributed by atoms with Crippen molar-refractivity contribution in [2.24, 2.45) is 4.99 Å². The lowest BCUT2D eigenvalue weighted by Gasteiger charge is -2.10. The van der Waals surface area contributed by atoms with E-state index in [-0.39, 0.29) is 24.0 Å². The second-order valence-electron chi connectivity index (χ2n) is 5.46. The molecule has 140 valence electrons. The van der Waals surface area contributed by atoms with Crippen molar-refractivity contribution >= 4 is 52.6 Å². The number of aryl methyl sites for hydroxylation is 3. The number of halogens is 1. The van der Waals surface area contributed by atoms with Crippen LogP contribution in [0.25, 0.3) is 0 Å². The maximum atomic E-state index is 4.67. The smallest absolute Gasteiger partial charge is 0.191 e. The van der Waals surface area contributed by atoms with Crippen molar-refractivity contribution in [3.05, 3.63) is 31.7 Å². The van der Waals surface area contributed by atoms with Gasteiger partial charge in [0.1, 0.15) is 0 Å². The third-order valence-corrected chi connectivity index (χ3v) is 5.98. The third kappa shape index (κ3) is 7.18. The molecule has 2 rings (SSSR count). The molecule has 2 N–H and O–H groups in total. The summed E-state index contributed by atoms with van der Waals surface area (Å²) in [4.78, 5) is 16.1. The maximum absolute atomic E-state index is 4.67. The Labute approximate surface area is 175 Å². The highest BCUT2D eigenvalue weighted by Crippen LogP contribution is 2.18. The van der Waals surface area contributed by atoms with Crippen LogP contribution in [-0.2, 0) is 25.7 Å². The lowest BCUT2D eigenvalue weighted by molar-refractivity contribution is 0.778. The fourth-order valence-corrected chi connectivity index (χ4v) is 4.23. The molecule has 0 spiro atoms. The molecule has 0 bridgehead atoms. The van der Waals surface area contributed by atoms with Crippen molar-refractivity contribution in [3.8, 4) is 0 Å². The largest absolute Gasteiger partial charge is 0.356 e. The third-order valence-electron chi connectivity index (χ3n) is 3.71. The zero-order valence-corrected chi connectivity index (χ0v) is 19.3. The normalized spacial score (nSPS) is 11.3. The van der Waals surface area contributed by atoms with Crippen LogP contribution in [-0.4, -0.2) is 36.1 Å². The van der Waals surface area contributed by atoms with Gasteiger partial charge in [-0.1, -0.05) is 13.8 Å². The van der Waals surface area contributed by atoms with E-state index in [1.807, 2.05) is 6.20 Å². The van der Waals surface area contributed by atoms with Crippen molar-refractivity contribution < 1.29 is 0 Å². The molecule has 0 amide bonds. The molecule has 2 aromatic rings. The minimum absolute atomic E-state index is 0. The molecule has 0 saturated heterocycles. The van der Waals surface area contributed by atoms with E-state index in [9.17, 15) is 0 Å². The van der Waals surface area contributed by atoms with Gasteiger partial charge in [-0.2, -0.15) is 0 Å². The Kier molecular flexibility index (Phi) is 10.5. The summed E-state index contributed by atoms with van der Waals surface area (Å²) in [5.74, 6) is 0.839. The molecule has 5 nitrogen and oxygen atoms in total. The highest BCUT2D eigenvalue weighted by atomic mass is 127. The minimum Gasteiger partial charge on any atom is -0.356 e. The predicted molar refractivity (Wildman–Crippen MR) is 120 cm³/mol. The Hall–Kier alpha value is -0.740. The average Bonchev–Trinajstić information content (AvgIpc) is 3.19. The molecule has 8 heteroatoms. The van der Waals surface area contributed by atoms with Gasteiger partial charge in [-0.3, -0.25) is 4.99 Å². The molecular formula is C17H28IN5S2. The van der Waals surface area contributed by atoms with Crippen LogP contribution >= 0.6 is 46.7 Å². The fourth-order valence-electron chi connectivity index (χ4n) is 2.35. The van der Waals surface area contributed by atoms with Gasteiger partial charge >= 0.3 is 0 Å². The highest BCUT2D eigenvalue weighted by Gasteiger charge is 2.06. The fraction of sp³-hybridized carbons (Fsp3) is 0.588. The van der Waals surface area contributed by atoms with Gasteiger partial charge in [0.2, 0.25) is 0 Å². The first kappa shape index (κ1) is 22.3. The van der Waals surface area contributed by atoms with E-state index in [0.29, 0.717) is 0 Å². The summed E-state index contributed by atoms with van der Waals surface area (Å²) in [6, 6.07) is 0. The van der Waals surface area contributed by atoms with Crippen LogP contribution in [0.4, 0.5) is 0 Å². The molecule has 0 aliphatic carbocycles. The van der Waals surface area contributed by atoms with Gasteiger partial charge in [-0.15, -0.1) is 46.7 Å². The van der Waals surface area contributed by atoms with E-state index in [1.165, 1.54) is 25.5 Å². The topological polar surface area (TPSA) is 62.2 Å². The van der Waals surface area contributed by atoms with E-state index in [2.05, 4.69) is 46.4 Å². The lowest BCUT2D eigenvalue weighted by atomic mass is 10.3. The summed E-state index contributed by atoms with van der Waals surface area (Å²) in [6.07, 6.45) is 5.91. The maximum Gasteiger partial charge on any atom is 0.191 e. The summed E-state index contributed by atoms with van der Waals surface area (Å²) in [7, 11) is 1.80. The Bertz CT molecular complexity index is 666. The standard InChI is InChI=1S/C17H27N5S2.HI/c1-5-13-11-21-15(24-13)7-9-19-17(18-4)20-10-8-16-22-14(6-2)12(3)23-16;/h11H,5-10H2,1-4H3,(H2,18,19,20);1H. The summed E-state index contributed by atoms with van der Waals surface area (Å²) in [6.45, 7) is 8.15. The number of aliphatic imine (C=N–C) groups is 1. The molecule has 2 aromatic heterocycles. The SMILES string of the molecule is CCc1cnc(CCNC(=NC)NCCc2nc(CC)c(C)s2)s1.I. The van der Waals surface area contributed by atoms with Crippen molar-refractivity contribution in [2.45, 2.75) is 46.5 Å². The van der Waals surface area contributed by atoms with Crippen molar-refractivity contribution in [3.63, 3.8) is 0 Å². The number of rotatable bonds is 8. The van der Waals surface area contributed by atoms with E-state index in [4.69, 9.17) is 0 Å². The molecule has 25 heavy (non-hydrogen) atoms. The summed E-state index contributed by atoms with van der Waals surface area (Å²) in [5.41, 5.74) is 1.23. The van der Waals surface area contributed by atoms with Crippen LogP contribution in [0.3, 0.4) is 0 Å². The van der Waals surface area contributed by atoms with Gasteiger partial charge in [-0.05, 0) is 19.8 Å². The van der Waals surface area contributed by atoms with Crippen LogP contribution < -0.4 is 10.6 Å². The molecule has 0 aliphatic rings. The Morgan fingerprint density at radius 3 is 2.28 bits per heavy atom. The zero-order valence-electron chi connectivity index (χ0n) is 15.4. The number of nitrogens with one attached hydrogen (secondary N) is 2. The lowest BCUT2D eigenvalue weighted by Crippen LogP contribution is -2.39. The number of hydrogen-bond donors (Lipinski definition) is 2. The van der Waals surface area contributed by atoms with Crippen molar-refractivity contribution in [1.29, 1.82) is 0 Å². The summed E-state index contributed by atoms with van der Waals surface area (Å²) >= 11 is 3.59. The molecule has 2 heterocycles. The molecule has 0 fully saturated rings. The monoisotopic (exact) mass is 493 g/mol. The first-order valence-electron chi connectivity index (χ1n) is 8.49. The van der Waals surface area contributed by atoms with E-state index < -0.39 is 0 Å². The van der Waals surface area contributed by atoms with Crippen LogP contribution in [0.1, 0.15) is 39.3 Å². The molecule has 0 atom stereocenters. The van der Waals surface area contributed by atoms with E-state index >= 15 is 0 Å². The van der Waals surface area contributed by atoms with Crippen molar-refractivity contribution in [1.82, 2.24) is 20.6 Å². The van der Waals surface area contributed by atoms with Crippen LogP contribution in [0, 0.1) is 6.92 Å². The Morgan fingerprint density at radius 1 is 1.08 bits per heavy atom. The van der Waals surface area contributed by atoms with Crippen LogP contribution in [0.2, 0.25) is 0 Å². The quantitative estimate of drug-likeness (QED) is 0.335. The molecule has 0 saturated carbocycles. The van der Waals surface area contributed by atoms with Crippen LogP contribution in [0.5, 0.6) is 0 Å². The summed E-state index contributed by atoms with van der Waals surface area (Å²) < 4.78 is 0. The second kappa shape index (κ2) is 11.8. The van der Waals surface area contributed by atoms with Gasteiger partial charge < -0.3 is 10.6 Å². The van der Waals surface area contributed by atoms with Crippen molar-refractivity contribution in [2.75, 3.05) is 20.1 Å². The molecular weight excluding hydrogens is 465 g/mol. The first-order valence-corrected chi connectivity index (χ1v) is 10.1. The van der Waals surface area contributed by atoms with Gasteiger partial charge in [0.05, 0.1) is 15.7 Å². The van der Waals surface area contributed by atoms with Gasteiger partial charge in [0.15, 0.2) is 5.96 Å². The summed E-state index contributed by atoms with van der Waals surface area (Å²) in [5, 5.41) is 9.08. The number of thiazole rings is 2.